The molecule has 1 aliphatic rings. The molecule has 11 heteroatoms. The number of rotatable bonds is 11. The average Bonchev–Trinajstić information content (AvgIpc) is 3.11. The maximum absolute atomic E-state index is 12.7. The fourth-order valence-corrected chi connectivity index (χ4v) is 3.98. The Labute approximate surface area is 212 Å². The highest BCUT2D eigenvalue weighted by molar-refractivity contribution is 8.18. The number of nitro benzene ring substituents is 1. The van der Waals surface area contributed by atoms with Crippen molar-refractivity contribution in [2.75, 3.05) is 13.2 Å². The lowest BCUT2D eigenvalue weighted by Crippen LogP contribution is -2.35. The lowest BCUT2D eigenvalue weighted by molar-refractivity contribution is -0.384. The number of nitrogens with zero attached hydrogens (tertiary/aromatic N) is 2. The summed E-state index contributed by atoms with van der Waals surface area (Å²) in [6.07, 6.45) is 1.88. The van der Waals surface area contributed by atoms with Crippen molar-refractivity contribution in [1.29, 1.82) is 0 Å². The second-order valence-electron chi connectivity index (χ2n) is 7.83. The Morgan fingerprint density at radius 1 is 1.11 bits per heavy atom. The quantitative estimate of drug-likeness (QED) is 0.177. The van der Waals surface area contributed by atoms with Crippen molar-refractivity contribution >= 4 is 40.6 Å². The molecule has 2 amide bonds. The number of esters is 1. The fourth-order valence-electron chi connectivity index (χ4n) is 3.14. The van der Waals surface area contributed by atoms with Gasteiger partial charge in [0, 0.05) is 12.1 Å². The van der Waals surface area contributed by atoms with E-state index in [0.29, 0.717) is 30.1 Å². The van der Waals surface area contributed by atoms with Gasteiger partial charge in [-0.2, -0.15) is 0 Å². The van der Waals surface area contributed by atoms with E-state index in [4.69, 9.17) is 14.2 Å². The summed E-state index contributed by atoms with van der Waals surface area (Å²) >= 11 is 0.748. The lowest BCUT2D eigenvalue weighted by atomic mass is 10.1. The number of thioether (sulfide) groups is 1. The van der Waals surface area contributed by atoms with E-state index in [-0.39, 0.29) is 23.3 Å². The fraction of sp³-hybridized carbons (Fsp3) is 0.320. The third kappa shape index (κ3) is 6.85. The van der Waals surface area contributed by atoms with Gasteiger partial charge in [-0.25, -0.2) is 0 Å². The minimum Gasteiger partial charge on any atom is -0.490 e. The second-order valence-corrected chi connectivity index (χ2v) is 8.82. The van der Waals surface area contributed by atoms with Gasteiger partial charge in [0.25, 0.3) is 16.8 Å². The van der Waals surface area contributed by atoms with Gasteiger partial charge in [-0.3, -0.25) is 29.4 Å². The maximum Gasteiger partial charge on any atom is 0.326 e. The second kappa shape index (κ2) is 12.2. The number of carbonyl (C=O) groups is 3. The maximum atomic E-state index is 12.7. The standard InChI is InChI=1S/C25H26N2O8S/c1-4-16(3)35-23(28)14-26-24(29)22(36-25(26)30)13-18-8-11-20(21(12-18)33-5-2)34-15-17-6-9-19(10-7-17)27(31)32/h6-13,16H,4-5,14-15H2,1-3H3/b22-13+/t16-/m1/s1. The van der Waals surface area contributed by atoms with Crippen LogP contribution in [0.3, 0.4) is 0 Å². The summed E-state index contributed by atoms with van der Waals surface area (Å²) in [6.45, 7) is 5.52. The Bertz CT molecular complexity index is 1180. The van der Waals surface area contributed by atoms with Gasteiger partial charge in [0.15, 0.2) is 11.5 Å². The molecule has 0 spiro atoms. The number of hydrogen-bond acceptors (Lipinski definition) is 9. The van der Waals surface area contributed by atoms with Gasteiger partial charge in [-0.15, -0.1) is 0 Å². The summed E-state index contributed by atoms with van der Waals surface area (Å²) in [4.78, 5) is 48.5. The summed E-state index contributed by atoms with van der Waals surface area (Å²) < 4.78 is 16.7. The Balaban J connectivity index is 1.71. The van der Waals surface area contributed by atoms with Crippen molar-refractivity contribution in [2.45, 2.75) is 39.9 Å². The van der Waals surface area contributed by atoms with Gasteiger partial charge >= 0.3 is 5.97 Å². The Morgan fingerprint density at radius 2 is 1.83 bits per heavy atom. The third-order valence-electron chi connectivity index (χ3n) is 5.18. The summed E-state index contributed by atoms with van der Waals surface area (Å²) in [7, 11) is 0. The number of hydrogen-bond donors (Lipinski definition) is 0. The molecule has 1 atom stereocenters. The van der Waals surface area contributed by atoms with Gasteiger partial charge in [-0.1, -0.05) is 13.0 Å². The van der Waals surface area contributed by atoms with Crippen LogP contribution in [-0.2, 0) is 20.9 Å². The largest absolute Gasteiger partial charge is 0.490 e. The highest BCUT2D eigenvalue weighted by atomic mass is 32.2. The van der Waals surface area contributed by atoms with Gasteiger partial charge in [-0.05, 0) is 73.5 Å². The van der Waals surface area contributed by atoms with Crippen molar-refractivity contribution in [1.82, 2.24) is 4.90 Å². The van der Waals surface area contributed by atoms with E-state index in [0.717, 1.165) is 22.2 Å². The van der Waals surface area contributed by atoms with Crippen LogP contribution in [-0.4, -0.2) is 46.2 Å². The molecule has 2 aromatic rings. The Hall–Kier alpha value is -3.86. The Kier molecular flexibility index (Phi) is 9.07. The van der Waals surface area contributed by atoms with Crippen molar-refractivity contribution in [3.8, 4) is 11.5 Å². The topological polar surface area (TPSA) is 125 Å². The molecule has 1 heterocycles. The lowest BCUT2D eigenvalue weighted by Gasteiger charge is -2.15. The van der Waals surface area contributed by atoms with E-state index in [1.54, 1.807) is 43.3 Å². The predicted molar refractivity (Wildman–Crippen MR) is 134 cm³/mol. The molecule has 2 aromatic carbocycles. The molecule has 1 aliphatic heterocycles. The van der Waals surface area contributed by atoms with E-state index in [9.17, 15) is 24.5 Å². The molecule has 1 fully saturated rings. The molecular formula is C25H26N2O8S. The van der Waals surface area contributed by atoms with Crippen LogP contribution in [0.15, 0.2) is 47.4 Å². The molecule has 3 rings (SSSR count). The molecule has 0 bridgehead atoms. The molecule has 0 N–H and O–H groups in total. The van der Waals surface area contributed by atoms with E-state index in [1.165, 1.54) is 12.1 Å². The third-order valence-corrected chi connectivity index (χ3v) is 6.08. The molecule has 0 radical (unpaired) electrons. The normalized spacial score (nSPS) is 15.2. The number of non-ortho nitro benzene ring substituents is 1. The van der Waals surface area contributed by atoms with E-state index >= 15 is 0 Å². The smallest absolute Gasteiger partial charge is 0.326 e. The monoisotopic (exact) mass is 514 g/mol. The zero-order valence-electron chi connectivity index (χ0n) is 20.1. The molecule has 0 aromatic heterocycles. The van der Waals surface area contributed by atoms with Gasteiger partial charge in [0.1, 0.15) is 13.2 Å². The minimum atomic E-state index is -0.638. The van der Waals surface area contributed by atoms with E-state index < -0.39 is 28.6 Å². The highest BCUT2D eigenvalue weighted by Crippen LogP contribution is 2.35. The molecule has 0 unspecified atom stereocenters. The van der Waals surface area contributed by atoms with Crippen molar-refractivity contribution < 1.29 is 33.5 Å². The van der Waals surface area contributed by atoms with Crippen LogP contribution >= 0.6 is 11.8 Å². The predicted octanol–water partition coefficient (Wildman–Crippen LogP) is 4.95. The zero-order valence-corrected chi connectivity index (χ0v) is 20.9. The number of imide groups is 1. The molecule has 0 saturated carbocycles. The first kappa shape index (κ1) is 26.7. The number of ether oxygens (including phenoxy) is 3. The molecule has 0 aliphatic carbocycles. The minimum absolute atomic E-state index is 0.00469. The SMILES string of the molecule is CCOc1cc(/C=C2/SC(=O)N(CC(=O)O[C@H](C)CC)C2=O)ccc1OCc1ccc([N+](=O)[O-])cc1. The van der Waals surface area contributed by atoms with Gasteiger partial charge < -0.3 is 14.2 Å². The summed E-state index contributed by atoms with van der Waals surface area (Å²) in [5, 5.41) is 10.3. The van der Waals surface area contributed by atoms with Crippen molar-refractivity contribution in [2.24, 2.45) is 0 Å². The highest BCUT2D eigenvalue weighted by Gasteiger charge is 2.36. The number of nitro groups is 1. The van der Waals surface area contributed by atoms with Crippen LogP contribution in [0, 0.1) is 10.1 Å². The molecule has 10 nitrogen and oxygen atoms in total. The molecule has 36 heavy (non-hydrogen) atoms. The Morgan fingerprint density at radius 3 is 2.47 bits per heavy atom. The molecular weight excluding hydrogens is 488 g/mol. The van der Waals surface area contributed by atoms with E-state index in [1.807, 2.05) is 13.8 Å². The first-order valence-corrected chi connectivity index (χ1v) is 12.1. The zero-order chi connectivity index (χ0) is 26.2. The number of carbonyl (C=O) groups excluding carboxylic acids is 3. The van der Waals surface area contributed by atoms with Crippen molar-refractivity contribution in [3.05, 3.63) is 68.6 Å². The van der Waals surface area contributed by atoms with Gasteiger partial charge in [0.2, 0.25) is 0 Å². The summed E-state index contributed by atoms with van der Waals surface area (Å²) in [6, 6.07) is 11.1. The first-order valence-electron chi connectivity index (χ1n) is 11.3. The first-order chi connectivity index (χ1) is 17.2. The van der Waals surface area contributed by atoms with E-state index in [2.05, 4.69) is 0 Å². The van der Waals surface area contributed by atoms with Crippen LogP contribution in [0.5, 0.6) is 11.5 Å². The van der Waals surface area contributed by atoms with Crippen LogP contribution < -0.4 is 9.47 Å². The number of benzene rings is 2. The molecule has 1 saturated heterocycles. The van der Waals surface area contributed by atoms with Crippen LogP contribution in [0.1, 0.15) is 38.3 Å². The van der Waals surface area contributed by atoms with Crippen LogP contribution in [0.4, 0.5) is 10.5 Å². The van der Waals surface area contributed by atoms with Crippen molar-refractivity contribution in [3.63, 3.8) is 0 Å². The summed E-state index contributed by atoms with van der Waals surface area (Å²) in [5.41, 5.74) is 1.34. The van der Waals surface area contributed by atoms with Crippen LogP contribution in [0.25, 0.3) is 6.08 Å². The molecule has 190 valence electrons. The van der Waals surface area contributed by atoms with Gasteiger partial charge in [0.05, 0.1) is 22.5 Å². The summed E-state index contributed by atoms with van der Waals surface area (Å²) in [5.74, 6) is -0.318. The van der Waals surface area contributed by atoms with Crippen LogP contribution in [0.2, 0.25) is 0 Å². The average molecular weight is 515 g/mol. The number of amides is 2.